The fourth-order valence-electron chi connectivity index (χ4n) is 2.60. The van der Waals surface area contributed by atoms with Crippen LogP contribution in [0.4, 0.5) is 5.69 Å². The zero-order chi connectivity index (χ0) is 12.4. The predicted molar refractivity (Wildman–Crippen MR) is 71.3 cm³/mol. The van der Waals surface area contributed by atoms with Gasteiger partial charge in [-0.2, -0.15) is 0 Å². The van der Waals surface area contributed by atoms with Gasteiger partial charge >= 0.3 is 0 Å². The van der Waals surface area contributed by atoms with Crippen LogP contribution < -0.4 is 4.90 Å². The minimum atomic E-state index is 0.267. The number of carbonyl (C=O) groups excluding carboxylic acids is 1. The number of benzene rings is 1. The van der Waals surface area contributed by atoms with Gasteiger partial charge in [0, 0.05) is 24.6 Å². The first kappa shape index (κ1) is 12.2. The highest BCUT2D eigenvalue weighted by molar-refractivity contribution is 5.95. The quantitative estimate of drug-likeness (QED) is 0.778. The molecule has 2 nitrogen and oxygen atoms in total. The summed E-state index contributed by atoms with van der Waals surface area (Å²) in [5, 5.41) is 0. The number of amides is 1. The van der Waals surface area contributed by atoms with Gasteiger partial charge in [0.05, 0.1) is 0 Å². The molecule has 0 aliphatic carbocycles. The van der Waals surface area contributed by atoms with E-state index in [0.29, 0.717) is 18.3 Å². The molecular formula is C15H21NO. The third kappa shape index (κ3) is 2.21. The molecule has 92 valence electrons. The summed E-state index contributed by atoms with van der Waals surface area (Å²) in [6.07, 6.45) is 1.57. The van der Waals surface area contributed by atoms with Crippen LogP contribution in [0, 0.1) is 5.92 Å². The van der Waals surface area contributed by atoms with Gasteiger partial charge < -0.3 is 4.90 Å². The van der Waals surface area contributed by atoms with E-state index >= 15 is 0 Å². The van der Waals surface area contributed by atoms with Crippen molar-refractivity contribution in [3.05, 3.63) is 29.8 Å². The second kappa shape index (κ2) is 4.91. The lowest BCUT2D eigenvalue weighted by atomic mass is 9.90. The minimum absolute atomic E-state index is 0.267. The predicted octanol–water partition coefficient (Wildman–Crippen LogP) is 3.57. The molecule has 0 radical (unpaired) electrons. The number of carbonyl (C=O) groups is 1. The largest absolute Gasteiger partial charge is 0.312 e. The van der Waals surface area contributed by atoms with Crippen LogP contribution in [0.5, 0.6) is 0 Å². The summed E-state index contributed by atoms with van der Waals surface area (Å²) in [4.78, 5) is 14.1. The average molecular weight is 231 g/mol. The molecule has 1 aliphatic rings. The standard InChI is InChI=1S/C15H21NO/c1-4-7-15(17)16-10-13(11(2)3)12-8-5-6-9-14(12)16/h5-6,8-9,11,13H,4,7,10H2,1-3H3. The Balaban J connectivity index is 2.31. The van der Waals surface area contributed by atoms with E-state index in [-0.39, 0.29) is 5.91 Å². The smallest absolute Gasteiger partial charge is 0.226 e. The summed E-state index contributed by atoms with van der Waals surface area (Å²) in [7, 11) is 0. The van der Waals surface area contributed by atoms with E-state index in [2.05, 4.69) is 39.0 Å². The number of rotatable bonds is 3. The molecule has 0 spiro atoms. The van der Waals surface area contributed by atoms with Gasteiger partial charge in [-0.3, -0.25) is 4.79 Å². The Morgan fingerprint density at radius 2 is 2.12 bits per heavy atom. The van der Waals surface area contributed by atoms with Crippen LogP contribution in [0.2, 0.25) is 0 Å². The van der Waals surface area contributed by atoms with Gasteiger partial charge in [-0.05, 0) is 24.0 Å². The summed E-state index contributed by atoms with van der Waals surface area (Å²) < 4.78 is 0. The van der Waals surface area contributed by atoms with Crippen molar-refractivity contribution in [3.63, 3.8) is 0 Å². The maximum atomic E-state index is 12.1. The van der Waals surface area contributed by atoms with Gasteiger partial charge in [0.25, 0.3) is 0 Å². The molecule has 0 saturated carbocycles. The van der Waals surface area contributed by atoms with E-state index < -0.39 is 0 Å². The van der Waals surface area contributed by atoms with Crippen LogP contribution >= 0.6 is 0 Å². The van der Waals surface area contributed by atoms with Crippen molar-refractivity contribution in [3.8, 4) is 0 Å². The average Bonchev–Trinajstić information content (AvgIpc) is 2.69. The van der Waals surface area contributed by atoms with Crippen molar-refractivity contribution >= 4 is 11.6 Å². The zero-order valence-electron chi connectivity index (χ0n) is 10.9. The molecule has 0 saturated heterocycles. The van der Waals surface area contributed by atoms with Crippen molar-refractivity contribution < 1.29 is 4.79 Å². The summed E-state index contributed by atoms with van der Waals surface area (Å²) >= 11 is 0. The molecule has 0 fully saturated rings. The lowest BCUT2D eigenvalue weighted by Gasteiger charge is -2.18. The first-order valence-electron chi connectivity index (χ1n) is 6.54. The number of anilines is 1. The first-order chi connectivity index (χ1) is 8.15. The van der Waals surface area contributed by atoms with Crippen molar-refractivity contribution in [2.24, 2.45) is 5.92 Å². The molecule has 1 unspecified atom stereocenters. The highest BCUT2D eigenvalue weighted by Gasteiger charge is 2.32. The number of para-hydroxylation sites is 1. The van der Waals surface area contributed by atoms with E-state index in [1.54, 1.807) is 0 Å². The molecule has 2 rings (SSSR count). The molecule has 0 aromatic heterocycles. The lowest BCUT2D eigenvalue weighted by molar-refractivity contribution is -0.118. The summed E-state index contributed by atoms with van der Waals surface area (Å²) in [6.45, 7) is 7.38. The fourth-order valence-corrected chi connectivity index (χ4v) is 2.60. The molecule has 1 aromatic carbocycles. The third-order valence-electron chi connectivity index (χ3n) is 3.58. The number of hydrogen-bond acceptors (Lipinski definition) is 1. The van der Waals surface area contributed by atoms with Gasteiger partial charge in [0.15, 0.2) is 0 Å². The number of nitrogens with zero attached hydrogens (tertiary/aromatic N) is 1. The Kier molecular flexibility index (Phi) is 3.51. The lowest BCUT2D eigenvalue weighted by Crippen LogP contribution is -2.30. The van der Waals surface area contributed by atoms with Crippen LogP contribution in [0.15, 0.2) is 24.3 Å². The highest BCUT2D eigenvalue weighted by atomic mass is 16.2. The number of fused-ring (bicyclic) bond motifs is 1. The molecule has 1 atom stereocenters. The van der Waals surface area contributed by atoms with Gasteiger partial charge in [-0.15, -0.1) is 0 Å². The van der Waals surface area contributed by atoms with Crippen LogP contribution in [0.1, 0.15) is 45.1 Å². The maximum Gasteiger partial charge on any atom is 0.226 e. The SMILES string of the molecule is CCCC(=O)N1CC(C(C)C)c2ccccc21. The van der Waals surface area contributed by atoms with Crippen molar-refractivity contribution in [2.45, 2.75) is 39.5 Å². The summed E-state index contributed by atoms with van der Waals surface area (Å²) in [6, 6.07) is 8.33. The Labute approximate surface area is 104 Å². The molecule has 1 amide bonds. The van der Waals surface area contributed by atoms with Gasteiger partial charge in [-0.1, -0.05) is 39.0 Å². The minimum Gasteiger partial charge on any atom is -0.312 e. The Morgan fingerprint density at radius 3 is 2.76 bits per heavy atom. The van der Waals surface area contributed by atoms with Crippen LogP contribution in [0.25, 0.3) is 0 Å². The fraction of sp³-hybridized carbons (Fsp3) is 0.533. The monoisotopic (exact) mass is 231 g/mol. The summed E-state index contributed by atoms with van der Waals surface area (Å²) in [5.41, 5.74) is 2.47. The van der Waals surface area contributed by atoms with Crippen LogP contribution in [-0.2, 0) is 4.79 Å². The van der Waals surface area contributed by atoms with Gasteiger partial charge in [0.2, 0.25) is 5.91 Å². The van der Waals surface area contributed by atoms with E-state index in [9.17, 15) is 4.79 Å². The van der Waals surface area contributed by atoms with E-state index in [4.69, 9.17) is 0 Å². The normalized spacial score (nSPS) is 18.6. The Hall–Kier alpha value is -1.31. The van der Waals surface area contributed by atoms with Crippen molar-refractivity contribution in [1.29, 1.82) is 0 Å². The van der Waals surface area contributed by atoms with Gasteiger partial charge in [-0.25, -0.2) is 0 Å². The molecule has 0 N–H and O–H groups in total. The maximum absolute atomic E-state index is 12.1. The molecule has 17 heavy (non-hydrogen) atoms. The van der Waals surface area contributed by atoms with Crippen molar-refractivity contribution in [2.75, 3.05) is 11.4 Å². The molecule has 1 heterocycles. The van der Waals surface area contributed by atoms with E-state index in [0.717, 1.165) is 18.7 Å². The highest BCUT2D eigenvalue weighted by Crippen LogP contribution is 2.40. The first-order valence-corrected chi connectivity index (χ1v) is 6.54. The Morgan fingerprint density at radius 1 is 1.41 bits per heavy atom. The number of hydrogen-bond donors (Lipinski definition) is 0. The third-order valence-corrected chi connectivity index (χ3v) is 3.58. The summed E-state index contributed by atoms with van der Waals surface area (Å²) in [5.74, 6) is 1.34. The molecule has 2 heteroatoms. The van der Waals surface area contributed by atoms with E-state index in [1.165, 1.54) is 5.56 Å². The van der Waals surface area contributed by atoms with Crippen LogP contribution in [-0.4, -0.2) is 12.5 Å². The second-order valence-corrected chi connectivity index (χ2v) is 5.16. The molecular weight excluding hydrogens is 210 g/mol. The second-order valence-electron chi connectivity index (χ2n) is 5.16. The zero-order valence-corrected chi connectivity index (χ0v) is 10.9. The molecule has 0 bridgehead atoms. The van der Waals surface area contributed by atoms with Crippen molar-refractivity contribution in [1.82, 2.24) is 0 Å². The van der Waals surface area contributed by atoms with Crippen LogP contribution in [0.3, 0.4) is 0 Å². The molecule has 1 aromatic rings. The molecule has 1 aliphatic heterocycles. The topological polar surface area (TPSA) is 20.3 Å². The Bertz CT molecular complexity index is 411. The van der Waals surface area contributed by atoms with Gasteiger partial charge in [0.1, 0.15) is 0 Å². The van der Waals surface area contributed by atoms with E-state index in [1.807, 2.05) is 11.0 Å².